The summed E-state index contributed by atoms with van der Waals surface area (Å²) in [5.41, 5.74) is 1.85. The van der Waals surface area contributed by atoms with Crippen molar-refractivity contribution >= 4 is 11.9 Å². The minimum Gasteiger partial charge on any atom is -0.319 e. The van der Waals surface area contributed by atoms with Gasteiger partial charge in [0, 0.05) is 0 Å². The Hall–Kier alpha value is -2.62. The van der Waals surface area contributed by atoms with Gasteiger partial charge in [-0.1, -0.05) is 60.2 Å². The van der Waals surface area contributed by atoms with Crippen LogP contribution in [0.1, 0.15) is 23.6 Å². The monoisotopic (exact) mass is 294 g/mol. The first-order valence-electron chi connectivity index (χ1n) is 7.26. The van der Waals surface area contributed by atoms with Crippen LogP contribution in [0.2, 0.25) is 0 Å². The highest BCUT2D eigenvalue weighted by molar-refractivity contribution is 6.07. The average Bonchev–Trinajstić information content (AvgIpc) is 2.73. The summed E-state index contributed by atoms with van der Waals surface area (Å²) in [6.45, 7) is 4.02. The number of amides is 3. The van der Waals surface area contributed by atoms with Gasteiger partial charge in [-0.05, 0) is 25.0 Å². The Bertz CT molecular complexity index is 727. The summed E-state index contributed by atoms with van der Waals surface area (Å²) in [4.78, 5) is 26.3. The molecule has 22 heavy (non-hydrogen) atoms. The summed E-state index contributed by atoms with van der Waals surface area (Å²) in [5.74, 6) is -0.217. The van der Waals surface area contributed by atoms with E-state index in [-0.39, 0.29) is 18.5 Å². The fourth-order valence-corrected chi connectivity index (χ4v) is 2.80. The Morgan fingerprint density at radius 3 is 2.45 bits per heavy atom. The fraction of sp³-hybridized carbons (Fsp3) is 0.222. The van der Waals surface area contributed by atoms with Gasteiger partial charge in [-0.15, -0.1) is 0 Å². The topological polar surface area (TPSA) is 49.4 Å². The molecule has 1 aliphatic heterocycles. The molecule has 1 aliphatic rings. The first-order chi connectivity index (χ1) is 10.5. The zero-order valence-corrected chi connectivity index (χ0v) is 12.7. The molecule has 1 fully saturated rings. The molecule has 0 unspecified atom stereocenters. The van der Waals surface area contributed by atoms with Crippen LogP contribution >= 0.6 is 0 Å². The molecule has 1 N–H and O–H groups in total. The number of hydrogen-bond donors (Lipinski definition) is 1. The molecule has 112 valence electrons. The van der Waals surface area contributed by atoms with Gasteiger partial charge in [-0.25, -0.2) is 4.79 Å². The van der Waals surface area contributed by atoms with Gasteiger partial charge in [0.1, 0.15) is 5.54 Å². The molecule has 0 spiro atoms. The Morgan fingerprint density at radius 1 is 1.05 bits per heavy atom. The molecule has 0 aliphatic carbocycles. The number of urea groups is 1. The SMILES string of the molecule is Cc1cccc(CN2C(=O)N[C@@](C)(c3ccccc3)C2=O)c1. The number of aryl methyl sites for hydroxylation is 1. The van der Waals surface area contributed by atoms with Crippen LogP contribution in [0, 0.1) is 6.92 Å². The van der Waals surface area contributed by atoms with Crippen molar-refractivity contribution in [2.24, 2.45) is 0 Å². The number of nitrogens with one attached hydrogen (secondary N) is 1. The summed E-state index contributed by atoms with van der Waals surface area (Å²) < 4.78 is 0. The Kier molecular flexibility index (Phi) is 3.45. The maximum Gasteiger partial charge on any atom is 0.325 e. The van der Waals surface area contributed by atoms with E-state index in [1.165, 1.54) is 4.90 Å². The third kappa shape index (κ3) is 2.37. The molecular formula is C18H18N2O2. The van der Waals surface area contributed by atoms with Crippen molar-refractivity contribution in [3.05, 3.63) is 71.3 Å². The molecule has 3 amide bonds. The minimum atomic E-state index is -0.998. The minimum absolute atomic E-state index is 0.217. The van der Waals surface area contributed by atoms with E-state index in [4.69, 9.17) is 0 Å². The van der Waals surface area contributed by atoms with Crippen LogP contribution < -0.4 is 5.32 Å². The van der Waals surface area contributed by atoms with Gasteiger partial charge in [-0.3, -0.25) is 9.69 Å². The lowest BCUT2D eigenvalue weighted by molar-refractivity contribution is -0.131. The molecule has 1 heterocycles. The molecule has 4 nitrogen and oxygen atoms in total. The van der Waals surface area contributed by atoms with E-state index >= 15 is 0 Å². The van der Waals surface area contributed by atoms with Crippen LogP contribution in [0.4, 0.5) is 4.79 Å². The van der Waals surface area contributed by atoms with Crippen LogP contribution in [-0.2, 0) is 16.9 Å². The molecule has 0 saturated carbocycles. The van der Waals surface area contributed by atoms with Gasteiger partial charge < -0.3 is 5.32 Å². The lowest BCUT2D eigenvalue weighted by Gasteiger charge is -2.22. The zero-order valence-electron chi connectivity index (χ0n) is 12.7. The number of imide groups is 1. The van der Waals surface area contributed by atoms with E-state index in [2.05, 4.69) is 5.32 Å². The predicted molar refractivity (Wildman–Crippen MR) is 84.1 cm³/mol. The van der Waals surface area contributed by atoms with E-state index in [1.54, 1.807) is 6.92 Å². The average molecular weight is 294 g/mol. The van der Waals surface area contributed by atoms with E-state index in [0.29, 0.717) is 0 Å². The fourth-order valence-electron chi connectivity index (χ4n) is 2.80. The molecule has 0 bridgehead atoms. The van der Waals surface area contributed by atoms with E-state index < -0.39 is 5.54 Å². The van der Waals surface area contributed by atoms with Crippen LogP contribution in [-0.4, -0.2) is 16.8 Å². The highest BCUT2D eigenvalue weighted by Gasteiger charge is 2.48. The van der Waals surface area contributed by atoms with Gasteiger partial charge in [0.05, 0.1) is 6.54 Å². The second kappa shape index (κ2) is 5.30. The Morgan fingerprint density at radius 2 is 1.77 bits per heavy atom. The van der Waals surface area contributed by atoms with Crippen molar-refractivity contribution in [3.63, 3.8) is 0 Å². The number of carbonyl (C=O) groups excluding carboxylic acids is 2. The highest BCUT2D eigenvalue weighted by Crippen LogP contribution is 2.29. The summed E-state index contributed by atoms with van der Waals surface area (Å²) in [5, 5.41) is 2.82. The third-order valence-corrected chi connectivity index (χ3v) is 4.05. The van der Waals surface area contributed by atoms with Gasteiger partial charge in [0.2, 0.25) is 0 Å². The Labute approximate surface area is 129 Å². The highest BCUT2D eigenvalue weighted by atomic mass is 16.2. The lowest BCUT2D eigenvalue weighted by Crippen LogP contribution is -2.40. The van der Waals surface area contributed by atoms with Crippen molar-refractivity contribution in [2.45, 2.75) is 25.9 Å². The molecule has 4 heteroatoms. The second-order valence-electron chi connectivity index (χ2n) is 5.80. The van der Waals surface area contributed by atoms with Crippen molar-refractivity contribution in [1.82, 2.24) is 10.2 Å². The molecule has 1 saturated heterocycles. The normalized spacial score (nSPS) is 21.1. The number of rotatable bonds is 3. The molecule has 0 radical (unpaired) electrons. The largest absolute Gasteiger partial charge is 0.325 e. The molecule has 2 aromatic rings. The van der Waals surface area contributed by atoms with Gasteiger partial charge in [-0.2, -0.15) is 0 Å². The number of hydrogen-bond acceptors (Lipinski definition) is 2. The number of nitrogens with zero attached hydrogens (tertiary/aromatic N) is 1. The smallest absolute Gasteiger partial charge is 0.319 e. The molecule has 2 aromatic carbocycles. The van der Waals surface area contributed by atoms with Crippen LogP contribution in [0.15, 0.2) is 54.6 Å². The summed E-state index contributed by atoms with van der Waals surface area (Å²) in [6.07, 6.45) is 0. The van der Waals surface area contributed by atoms with Gasteiger partial charge in [0.25, 0.3) is 5.91 Å². The van der Waals surface area contributed by atoms with E-state index in [1.807, 2.05) is 61.5 Å². The standard InChI is InChI=1S/C18H18N2O2/c1-13-7-6-8-14(11-13)12-20-16(21)18(2,19-17(20)22)15-9-4-3-5-10-15/h3-11H,12H2,1-2H3,(H,19,22)/t18-/m0/s1. The van der Waals surface area contributed by atoms with Crippen LogP contribution in [0.25, 0.3) is 0 Å². The van der Waals surface area contributed by atoms with E-state index in [0.717, 1.165) is 16.7 Å². The van der Waals surface area contributed by atoms with Crippen molar-refractivity contribution < 1.29 is 9.59 Å². The maximum absolute atomic E-state index is 12.8. The quantitative estimate of drug-likeness (QED) is 0.885. The van der Waals surface area contributed by atoms with Crippen LogP contribution in [0.5, 0.6) is 0 Å². The van der Waals surface area contributed by atoms with Crippen LogP contribution in [0.3, 0.4) is 0 Å². The third-order valence-electron chi connectivity index (χ3n) is 4.05. The predicted octanol–water partition coefficient (Wildman–Crippen LogP) is 2.96. The summed E-state index contributed by atoms with van der Waals surface area (Å²) >= 11 is 0. The Balaban J connectivity index is 1.89. The summed E-state index contributed by atoms with van der Waals surface area (Å²) in [7, 11) is 0. The lowest BCUT2D eigenvalue weighted by atomic mass is 9.92. The first kappa shape index (κ1) is 14.3. The van der Waals surface area contributed by atoms with Crippen molar-refractivity contribution in [3.8, 4) is 0 Å². The molecule has 1 atom stereocenters. The maximum atomic E-state index is 12.8. The molecule has 3 rings (SSSR count). The van der Waals surface area contributed by atoms with Gasteiger partial charge >= 0.3 is 6.03 Å². The number of benzene rings is 2. The van der Waals surface area contributed by atoms with Crippen molar-refractivity contribution in [1.29, 1.82) is 0 Å². The molecule has 0 aromatic heterocycles. The summed E-state index contributed by atoms with van der Waals surface area (Å²) in [6, 6.07) is 16.8. The zero-order chi connectivity index (χ0) is 15.7. The number of carbonyl (C=O) groups is 2. The molecular weight excluding hydrogens is 276 g/mol. The van der Waals surface area contributed by atoms with Gasteiger partial charge in [0.15, 0.2) is 0 Å². The first-order valence-corrected chi connectivity index (χ1v) is 7.26. The van der Waals surface area contributed by atoms with Crippen molar-refractivity contribution in [2.75, 3.05) is 0 Å². The second-order valence-corrected chi connectivity index (χ2v) is 5.80. The van der Waals surface area contributed by atoms with E-state index in [9.17, 15) is 9.59 Å².